The molecule has 0 spiro atoms. The van der Waals surface area contributed by atoms with Crippen LogP contribution in [0.25, 0.3) is 11.0 Å². The van der Waals surface area contributed by atoms with Gasteiger partial charge in [-0.1, -0.05) is 50.6 Å². The third-order valence-corrected chi connectivity index (χ3v) is 6.73. The average molecular weight is 547 g/mol. The van der Waals surface area contributed by atoms with Crippen LogP contribution in [0.1, 0.15) is 62.7 Å². The molecule has 0 aliphatic carbocycles. The van der Waals surface area contributed by atoms with Crippen molar-refractivity contribution in [2.45, 2.75) is 73.0 Å². The second-order valence-electron chi connectivity index (χ2n) is 10.1. The lowest BCUT2D eigenvalue weighted by atomic mass is 9.96. The van der Waals surface area contributed by atoms with E-state index < -0.39 is 35.2 Å². The molecule has 3 unspecified atom stereocenters. The molecule has 10 heteroatoms. The molecule has 0 saturated heterocycles. The Kier molecular flexibility index (Phi) is 10.3. The van der Waals surface area contributed by atoms with Crippen LogP contribution in [0.4, 0.5) is 0 Å². The van der Waals surface area contributed by atoms with Crippen molar-refractivity contribution in [3.05, 3.63) is 75.7 Å². The molecular weight excluding hydrogens is 508 g/mol. The van der Waals surface area contributed by atoms with Crippen molar-refractivity contribution in [3.63, 3.8) is 0 Å². The topological polar surface area (TPSA) is 135 Å². The Bertz CT molecular complexity index is 1460. The number of nitrogens with one attached hydrogen (secondary N) is 3. The highest BCUT2D eigenvalue weighted by Crippen LogP contribution is 2.14. The van der Waals surface area contributed by atoms with Gasteiger partial charge < -0.3 is 15.2 Å². The molecule has 3 N–H and O–H groups in total. The Morgan fingerprint density at radius 1 is 1.00 bits per heavy atom. The Hall–Kier alpha value is -4.34. The van der Waals surface area contributed by atoms with Crippen molar-refractivity contribution in [2.75, 3.05) is 0 Å². The molecule has 10 nitrogen and oxygen atoms in total. The highest BCUT2D eigenvalue weighted by molar-refractivity contribution is 6.00. The van der Waals surface area contributed by atoms with Crippen molar-refractivity contribution in [1.82, 2.24) is 25.6 Å². The molecule has 0 fully saturated rings. The monoisotopic (exact) mass is 546 g/mol. The minimum atomic E-state index is -0.985. The third-order valence-electron chi connectivity index (χ3n) is 6.73. The van der Waals surface area contributed by atoms with Crippen molar-refractivity contribution >= 4 is 34.5 Å². The van der Waals surface area contributed by atoms with Crippen LogP contribution in [-0.4, -0.2) is 45.1 Å². The predicted molar refractivity (Wildman–Crippen MR) is 156 cm³/mol. The fourth-order valence-electron chi connectivity index (χ4n) is 4.25. The third kappa shape index (κ3) is 7.40. The van der Waals surface area contributed by atoms with Crippen LogP contribution >= 0.6 is 0 Å². The summed E-state index contributed by atoms with van der Waals surface area (Å²) in [4.78, 5) is 57.7. The number of carbonyl (C=O) groups excluding carboxylic acids is 3. The first-order chi connectivity index (χ1) is 19.0. The Morgan fingerprint density at radius 3 is 2.33 bits per heavy atom. The van der Waals surface area contributed by atoms with E-state index in [9.17, 15) is 19.2 Å². The highest BCUT2D eigenvalue weighted by atomic mass is 16.2. The number of aromatic nitrogens is 2. The molecule has 0 aliphatic rings. The zero-order valence-electron chi connectivity index (χ0n) is 23.9. The second-order valence-corrected chi connectivity index (χ2v) is 10.1. The molecule has 0 radical (unpaired) electrons. The van der Waals surface area contributed by atoms with E-state index in [0.29, 0.717) is 29.7 Å². The Balaban J connectivity index is 1.91. The van der Waals surface area contributed by atoms with Crippen molar-refractivity contribution < 1.29 is 14.4 Å². The number of hydrogen-bond donors (Lipinski definition) is 3. The normalized spacial score (nSPS) is 13.2. The molecule has 0 bridgehead atoms. The van der Waals surface area contributed by atoms with Gasteiger partial charge >= 0.3 is 0 Å². The molecule has 3 amide bonds. The van der Waals surface area contributed by atoms with Crippen LogP contribution in [0.5, 0.6) is 0 Å². The summed E-state index contributed by atoms with van der Waals surface area (Å²) in [5, 5.41) is 9.89. The maximum absolute atomic E-state index is 13.6. The van der Waals surface area contributed by atoms with Crippen LogP contribution < -0.4 is 21.5 Å². The molecule has 3 aromatic rings. The summed E-state index contributed by atoms with van der Waals surface area (Å²) in [6, 6.07) is 10.8. The van der Waals surface area contributed by atoms with E-state index in [4.69, 9.17) is 0 Å². The number of rotatable bonds is 11. The minimum absolute atomic E-state index is 0.0764. The predicted octanol–water partition coefficient (Wildman–Crippen LogP) is 3.11. The Labute approximate surface area is 234 Å². The van der Waals surface area contributed by atoms with Gasteiger partial charge in [-0.25, -0.2) is 10.4 Å². The van der Waals surface area contributed by atoms with Gasteiger partial charge in [0, 0.05) is 30.6 Å². The van der Waals surface area contributed by atoms with Gasteiger partial charge in [0.15, 0.2) is 0 Å². The standard InChI is InChI=1S/C30H38N6O4/c1-7-19(5)25(30(40)32-24(29(39)35-34-18(3)4)16-21-12-10-9-11-13-21)33-28(38)23-17-36(8-2)27-22(26(23)37)15-14-20(6)31-27/h9-15,17,19,24-25H,7-8,16H2,1-6H3,(H,32,40)(H,33,38)(H,35,39). The first-order valence-electron chi connectivity index (χ1n) is 13.5. The fourth-order valence-corrected chi connectivity index (χ4v) is 4.25. The largest absolute Gasteiger partial charge is 0.342 e. The molecule has 2 heterocycles. The maximum Gasteiger partial charge on any atom is 0.262 e. The van der Waals surface area contributed by atoms with Crippen LogP contribution in [0, 0.1) is 12.8 Å². The minimum Gasteiger partial charge on any atom is -0.342 e. The fraction of sp³-hybridized carbons (Fsp3) is 0.400. The van der Waals surface area contributed by atoms with Crippen molar-refractivity contribution in [3.8, 4) is 0 Å². The van der Waals surface area contributed by atoms with Gasteiger partial charge in [0.25, 0.3) is 11.8 Å². The summed E-state index contributed by atoms with van der Waals surface area (Å²) < 4.78 is 1.74. The molecule has 3 rings (SSSR count). The van der Waals surface area contributed by atoms with Crippen LogP contribution in [0.15, 0.2) is 58.6 Å². The molecule has 0 saturated carbocycles. The molecule has 212 valence electrons. The molecule has 3 atom stereocenters. The van der Waals surface area contributed by atoms with E-state index in [2.05, 4.69) is 26.1 Å². The van der Waals surface area contributed by atoms with Gasteiger partial charge in [0.1, 0.15) is 23.3 Å². The number of benzene rings is 1. The number of fused-ring (bicyclic) bond motifs is 1. The van der Waals surface area contributed by atoms with Crippen LogP contribution in [0.2, 0.25) is 0 Å². The number of carbonyl (C=O) groups is 3. The van der Waals surface area contributed by atoms with E-state index in [-0.39, 0.29) is 17.9 Å². The van der Waals surface area contributed by atoms with Gasteiger partial charge in [0.05, 0.1) is 5.39 Å². The zero-order chi connectivity index (χ0) is 29.4. The first-order valence-corrected chi connectivity index (χ1v) is 13.5. The van der Waals surface area contributed by atoms with E-state index in [0.717, 1.165) is 11.3 Å². The van der Waals surface area contributed by atoms with E-state index >= 15 is 0 Å². The van der Waals surface area contributed by atoms with E-state index in [1.54, 1.807) is 30.5 Å². The summed E-state index contributed by atoms with van der Waals surface area (Å²) in [5.41, 5.74) is 4.73. The molecule has 1 aromatic carbocycles. The van der Waals surface area contributed by atoms with Crippen molar-refractivity contribution in [1.29, 1.82) is 0 Å². The molecule has 40 heavy (non-hydrogen) atoms. The summed E-state index contributed by atoms with van der Waals surface area (Å²) in [5.74, 6) is -1.94. The quantitative estimate of drug-likeness (QED) is 0.251. The number of hydrogen-bond acceptors (Lipinski definition) is 6. The average Bonchev–Trinajstić information content (AvgIpc) is 2.94. The Morgan fingerprint density at radius 2 is 1.70 bits per heavy atom. The van der Waals surface area contributed by atoms with Crippen LogP contribution in [0.3, 0.4) is 0 Å². The smallest absolute Gasteiger partial charge is 0.262 e. The summed E-state index contributed by atoms with van der Waals surface area (Å²) >= 11 is 0. The van der Waals surface area contributed by atoms with Gasteiger partial charge in [0.2, 0.25) is 11.3 Å². The van der Waals surface area contributed by atoms with Gasteiger partial charge in [-0.2, -0.15) is 5.10 Å². The summed E-state index contributed by atoms with van der Waals surface area (Å²) in [7, 11) is 0. The van der Waals surface area contributed by atoms with Gasteiger partial charge in [-0.3, -0.25) is 19.2 Å². The number of nitrogens with zero attached hydrogens (tertiary/aromatic N) is 3. The second kappa shape index (κ2) is 13.6. The lowest BCUT2D eigenvalue weighted by molar-refractivity contribution is -0.130. The molecule has 2 aromatic heterocycles. The summed E-state index contributed by atoms with van der Waals surface area (Å²) in [6.45, 7) is 11.5. The lowest BCUT2D eigenvalue weighted by Crippen LogP contribution is -2.56. The van der Waals surface area contributed by atoms with E-state index in [1.165, 1.54) is 6.20 Å². The molecular formula is C30H38N6O4. The molecule has 0 aliphatic heterocycles. The number of pyridine rings is 2. The SMILES string of the molecule is CCC(C)C(NC(=O)c1cn(CC)c2nc(C)ccc2c1=O)C(=O)NC(Cc1ccccc1)C(=O)NN=C(C)C. The number of hydrazone groups is 1. The number of aryl methyl sites for hydroxylation is 2. The van der Waals surface area contributed by atoms with Crippen molar-refractivity contribution in [2.24, 2.45) is 11.0 Å². The van der Waals surface area contributed by atoms with E-state index in [1.807, 2.05) is 58.0 Å². The first kappa shape index (κ1) is 30.2. The maximum atomic E-state index is 13.6. The number of amides is 3. The van der Waals surface area contributed by atoms with Gasteiger partial charge in [-0.05, 0) is 51.3 Å². The zero-order valence-corrected chi connectivity index (χ0v) is 23.9. The summed E-state index contributed by atoms with van der Waals surface area (Å²) in [6.07, 6.45) is 2.29. The van der Waals surface area contributed by atoms with Gasteiger partial charge in [-0.15, -0.1) is 0 Å². The van der Waals surface area contributed by atoms with Crippen LogP contribution in [-0.2, 0) is 22.6 Å². The lowest BCUT2D eigenvalue weighted by Gasteiger charge is -2.26. The highest BCUT2D eigenvalue weighted by Gasteiger charge is 2.31.